The summed E-state index contributed by atoms with van der Waals surface area (Å²) in [6, 6.07) is 10.9. The fraction of sp³-hybridized carbons (Fsp3) is 0.450. The Hall–Kier alpha value is -2.29. The van der Waals surface area contributed by atoms with Gasteiger partial charge in [-0.15, -0.1) is 11.8 Å². The number of carbonyl (C=O) groups excluding carboxylic acids is 1. The van der Waals surface area contributed by atoms with Crippen LogP contribution < -0.4 is 10.2 Å². The van der Waals surface area contributed by atoms with Crippen molar-refractivity contribution in [2.24, 2.45) is 0 Å². The molecule has 1 fully saturated rings. The third-order valence-corrected chi connectivity index (χ3v) is 5.65. The standard InChI is InChI=1S/C20H23F3N4OS/c1-14-24-17(20(21,22)23)13-18(25-14)27-10-7-15(8-11-27)26-19(28)9-12-29-16-5-3-2-4-6-16/h2-6,13,15H,7-12H2,1H3,(H,26,28). The van der Waals surface area contributed by atoms with Gasteiger partial charge in [0, 0.05) is 42.3 Å². The Morgan fingerprint density at radius 2 is 1.90 bits per heavy atom. The van der Waals surface area contributed by atoms with Crippen LogP contribution in [0.5, 0.6) is 0 Å². The highest BCUT2D eigenvalue weighted by molar-refractivity contribution is 7.99. The molecule has 1 aromatic carbocycles. The maximum Gasteiger partial charge on any atom is 0.433 e. The zero-order valence-corrected chi connectivity index (χ0v) is 16.9. The molecule has 0 aliphatic carbocycles. The number of alkyl halides is 3. The topological polar surface area (TPSA) is 58.1 Å². The fourth-order valence-electron chi connectivity index (χ4n) is 3.19. The minimum Gasteiger partial charge on any atom is -0.356 e. The molecule has 5 nitrogen and oxygen atoms in total. The van der Waals surface area contributed by atoms with Crippen LogP contribution in [0.3, 0.4) is 0 Å². The first-order valence-corrected chi connectivity index (χ1v) is 10.4. The van der Waals surface area contributed by atoms with Crippen molar-refractivity contribution in [1.29, 1.82) is 0 Å². The van der Waals surface area contributed by atoms with Crippen LogP contribution in [0.15, 0.2) is 41.3 Å². The zero-order valence-electron chi connectivity index (χ0n) is 16.1. The number of aryl methyl sites for hydroxylation is 1. The van der Waals surface area contributed by atoms with E-state index in [-0.39, 0.29) is 23.6 Å². The Kier molecular flexibility index (Phi) is 7.00. The Morgan fingerprint density at radius 1 is 1.21 bits per heavy atom. The second-order valence-electron chi connectivity index (χ2n) is 6.90. The molecule has 3 rings (SSSR count). The summed E-state index contributed by atoms with van der Waals surface area (Å²) >= 11 is 1.64. The number of hydrogen-bond acceptors (Lipinski definition) is 5. The molecule has 1 N–H and O–H groups in total. The molecule has 0 radical (unpaired) electrons. The van der Waals surface area contributed by atoms with E-state index < -0.39 is 11.9 Å². The van der Waals surface area contributed by atoms with Gasteiger partial charge in [0.05, 0.1) is 0 Å². The van der Waals surface area contributed by atoms with Gasteiger partial charge in [0.25, 0.3) is 0 Å². The van der Waals surface area contributed by atoms with E-state index in [0.717, 1.165) is 11.0 Å². The lowest BCUT2D eigenvalue weighted by Gasteiger charge is -2.33. The number of rotatable bonds is 6. The molecule has 1 saturated heterocycles. The first-order chi connectivity index (χ1) is 13.8. The van der Waals surface area contributed by atoms with Gasteiger partial charge in [-0.3, -0.25) is 4.79 Å². The number of nitrogens with one attached hydrogen (secondary N) is 1. The van der Waals surface area contributed by atoms with Gasteiger partial charge >= 0.3 is 6.18 Å². The van der Waals surface area contributed by atoms with Gasteiger partial charge in [-0.05, 0) is 31.9 Å². The number of amides is 1. The normalized spacial score (nSPS) is 15.4. The van der Waals surface area contributed by atoms with Crippen LogP contribution in [0.4, 0.5) is 19.0 Å². The molecule has 1 amide bonds. The summed E-state index contributed by atoms with van der Waals surface area (Å²) in [4.78, 5) is 22.8. The summed E-state index contributed by atoms with van der Waals surface area (Å²) in [5, 5.41) is 3.03. The lowest BCUT2D eigenvalue weighted by Crippen LogP contribution is -2.45. The first kappa shape index (κ1) is 21.4. The molecule has 9 heteroatoms. The second-order valence-corrected chi connectivity index (χ2v) is 8.07. The first-order valence-electron chi connectivity index (χ1n) is 9.46. The molecule has 0 bridgehead atoms. The van der Waals surface area contributed by atoms with Crippen molar-refractivity contribution in [3.63, 3.8) is 0 Å². The maximum absolute atomic E-state index is 13.0. The SMILES string of the molecule is Cc1nc(N2CCC(NC(=O)CCSc3ccccc3)CC2)cc(C(F)(F)F)n1. The number of hydrogen-bond donors (Lipinski definition) is 1. The molecule has 0 spiro atoms. The maximum atomic E-state index is 13.0. The van der Waals surface area contributed by atoms with Crippen molar-refractivity contribution in [2.45, 2.75) is 43.3 Å². The minimum absolute atomic E-state index is 0.00381. The molecule has 2 aromatic rings. The average molecular weight is 424 g/mol. The van der Waals surface area contributed by atoms with Crippen molar-refractivity contribution in [3.8, 4) is 0 Å². The molecule has 29 heavy (non-hydrogen) atoms. The summed E-state index contributed by atoms with van der Waals surface area (Å²) in [5.41, 5.74) is -0.925. The van der Waals surface area contributed by atoms with Gasteiger partial charge < -0.3 is 10.2 Å². The quantitative estimate of drug-likeness (QED) is 0.709. The lowest BCUT2D eigenvalue weighted by molar-refractivity contribution is -0.141. The van der Waals surface area contributed by atoms with Gasteiger partial charge in [-0.25, -0.2) is 9.97 Å². The Morgan fingerprint density at radius 3 is 2.55 bits per heavy atom. The van der Waals surface area contributed by atoms with Crippen LogP contribution in [0.1, 0.15) is 30.8 Å². The number of nitrogens with zero attached hydrogens (tertiary/aromatic N) is 3. The van der Waals surface area contributed by atoms with Gasteiger partial charge in [0.15, 0.2) is 0 Å². The van der Waals surface area contributed by atoms with Crippen LogP contribution in [0, 0.1) is 6.92 Å². The van der Waals surface area contributed by atoms with Crippen molar-refractivity contribution in [2.75, 3.05) is 23.7 Å². The largest absolute Gasteiger partial charge is 0.433 e. The summed E-state index contributed by atoms with van der Waals surface area (Å²) in [6.07, 6.45) is -2.73. The molecule has 0 atom stereocenters. The molecular weight excluding hydrogens is 401 g/mol. The average Bonchev–Trinajstić information content (AvgIpc) is 2.68. The second kappa shape index (κ2) is 9.47. The molecular formula is C20H23F3N4OS. The molecule has 1 aromatic heterocycles. The van der Waals surface area contributed by atoms with Crippen LogP contribution in [-0.2, 0) is 11.0 Å². The van der Waals surface area contributed by atoms with Crippen molar-refractivity contribution < 1.29 is 18.0 Å². The van der Waals surface area contributed by atoms with Gasteiger partial charge in [-0.1, -0.05) is 18.2 Å². The Balaban J connectivity index is 1.45. The fourth-order valence-corrected chi connectivity index (χ4v) is 4.06. The monoisotopic (exact) mass is 424 g/mol. The molecule has 0 unspecified atom stereocenters. The summed E-state index contributed by atoms with van der Waals surface area (Å²) in [5.74, 6) is 1.09. The van der Waals surface area contributed by atoms with Gasteiger partial charge in [-0.2, -0.15) is 13.2 Å². The van der Waals surface area contributed by atoms with E-state index in [1.165, 1.54) is 6.92 Å². The predicted molar refractivity (Wildman–Crippen MR) is 107 cm³/mol. The number of piperidine rings is 1. The molecule has 1 aliphatic rings. The van der Waals surface area contributed by atoms with E-state index in [9.17, 15) is 18.0 Å². The van der Waals surface area contributed by atoms with Crippen LogP contribution in [0.25, 0.3) is 0 Å². The zero-order chi connectivity index (χ0) is 20.9. The number of thioether (sulfide) groups is 1. The van der Waals surface area contributed by atoms with E-state index in [4.69, 9.17) is 0 Å². The Labute approximate surface area is 172 Å². The summed E-state index contributed by atoms with van der Waals surface area (Å²) in [6.45, 7) is 2.54. The van der Waals surface area contributed by atoms with Crippen LogP contribution in [-0.4, -0.2) is 40.8 Å². The highest BCUT2D eigenvalue weighted by Gasteiger charge is 2.34. The Bertz CT molecular complexity index is 824. The molecule has 2 heterocycles. The predicted octanol–water partition coefficient (Wildman–Crippen LogP) is 4.07. The van der Waals surface area contributed by atoms with Crippen molar-refractivity contribution in [3.05, 3.63) is 47.9 Å². The number of carbonyl (C=O) groups is 1. The van der Waals surface area contributed by atoms with Crippen molar-refractivity contribution >= 4 is 23.5 Å². The van der Waals surface area contributed by atoms with E-state index in [0.29, 0.717) is 38.1 Å². The summed E-state index contributed by atoms with van der Waals surface area (Å²) in [7, 11) is 0. The molecule has 0 saturated carbocycles. The smallest absolute Gasteiger partial charge is 0.356 e. The molecule has 1 aliphatic heterocycles. The van der Waals surface area contributed by atoms with Gasteiger partial charge in [0.2, 0.25) is 5.91 Å². The minimum atomic E-state index is -4.49. The van der Waals surface area contributed by atoms with E-state index in [2.05, 4.69) is 15.3 Å². The highest BCUT2D eigenvalue weighted by Crippen LogP contribution is 2.30. The van der Waals surface area contributed by atoms with Crippen LogP contribution in [0.2, 0.25) is 0 Å². The van der Waals surface area contributed by atoms with E-state index in [1.54, 1.807) is 11.8 Å². The lowest BCUT2D eigenvalue weighted by atomic mass is 10.0. The number of aromatic nitrogens is 2. The van der Waals surface area contributed by atoms with Crippen molar-refractivity contribution in [1.82, 2.24) is 15.3 Å². The molecule has 156 valence electrons. The number of benzene rings is 1. The van der Waals surface area contributed by atoms with E-state index >= 15 is 0 Å². The number of anilines is 1. The van der Waals surface area contributed by atoms with Crippen LogP contribution >= 0.6 is 11.8 Å². The summed E-state index contributed by atoms with van der Waals surface area (Å²) < 4.78 is 38.9. The third kappa shape index (κ3) is 6.35. The highest BCUT2D eigenvalue weighted by atomic mass is 32.2. The van der Waals surface area contributed by atoms with Gasteiger partial charge in [0.1, 0.15) is 17.3 Å². The third-order valence-electron chi connectivity index (χ3n) is 4.64. The van der Waals surface area contributed by atoms with E-state index in [1.807, 2.05) is 35.2 Å². The number of halogens is 3.